The molecule has 1 aromatic rings. The summed E-state index contributed by atoms with van der Waals surface area (Å²) < 4.78 is 0.855. The maximum Gasteiger partial charge on any atom is 0.253 e. The van der Waals surface area contributed by atoms with Crippen LogP contribution in [-0.4, -0.2) is 35.8 Å². The van der Waals surface area contributed by atoms with Crippen molar-refractivity contribution < 1.29 is 9.59 Å². The largest absolute Gasteiger partial charge is 0.398 e. The molecule has 2 amide bonds. The van der Waals surface area contributed by atoms with Crippen LogP contribution in [0.3, 0.4) is 0 Å². The molecular formula is C16H20BrN3O2. The third-order valence-electron chi connectivity index (χ3n) is 4.33. The Morgan fingerprint density at radius 2 is 1.86 bits per heavy atom. The van der Waals surface area contributed by atoms with Gasteiger partial charge in [-0.05, 0) is 43.9 Å². The highest BCUT2D eigenvalue weighted by Crippen LogP contribution is 2.32. The maximum absolute atomic E-state index is 12.3. The Labute approximate surface area is 138 Å². The van der Waals surface area contributed by atoms with Gasteiger partial charge in [-0.25, -0.2) is 0 Å². The van der Waals surface area contributed by atoms with Crippen molar-refractivity contribution in [3.8, 4) is 0 Å². The van der Waals surface area contributed by atoms with Crippen molar-refractivity contribution >= 4 is 33.4 Å². The summed E-state index contributed by atoms with van der Waals surface area (Å²) in [7, 11) is 0. The molecule has 0 aromatic heterocycles. The fourth-order valence-corrected chi connectivity index (χ4v) is 3.22. The molecule has 1 aliphatic carbocycles. The fourth-order valence-electron chi connectivity index (χ4n) is 2.84. The van der Waals surface area contributed by atoms with Gasteiger partial charge in [0.1, 0.15) is 0 Å². The van der Waals surface area contributed by atoms with Crippen LogP contribution in [0.1, 0.15) is 36.0 Å². The molecule has 0 bridgehead atoms. The first kappa shape index (κ1) is 15.3. The van der Waals surface area contributed by atoms with Gasteiger partial charge in [0.15, 0.2) is 0 Å². The Morgan fingerprint density at radius 1 is 1.18 bits per heavy atom. The van der Waals surface area contributed by atoms with E-state index in [1.54, 1.807) is 12.1 Å². The molecule has 5 nitrogen and oxygen atoms in total. The minimum absolute atomic E-state index is 0.110. The molecule has 2 fully saturated rings. The second-order valence-electron chi connectivity index (χ2n) is 6.08. The van der Waals surface area contributed by atoms with Gasteiger partial charge in [-0.2, -0.15) is 0 Å². The zero-order valence-corrected chi connectivity index (χ0v) is 13.9. The summed E-state index contributed by atoms with van der Waals surface area (Å²) in [6.07, 6.45) is 3.69. The number of hydrogen-bond acceptors (Lipinski definition) is 3. The third-order valence-corrected chi connectivity index (χ3v) is 4.82. The van der Waals surface area contributed by atoms with Crippen molar-refractivity contribution in [2.75, 3.05) is 18.8 Å². The van der Waals surface area contributed by atoms with Crippen LogP contribution in [0.4, 0.5) is 5.69 Å². The van der Waals surface area contributed by atoms with E-state index in [1.807, 2.05) is 11.0 Å². The number of halogens is 1. The van der Waals surface area contributed by atoms with E-state index in [-0.39, 0.29) is 17.9 Å². The number of nitrogens with two attached hydrogens (primary N) is 1. The van der Waals surface area contributed by atoms with Crippen molar-refractivity contribution in [2.24, 2.45) is 5.92 Å². The normalized spacial score (nSPS) is 19.0. The van der Waals surface area contributed by atoms with E-state index in [9.17, 15) is 9.59 Å². The number of benzene rings is 1. The first-order valence-electron chi connectivity index (χ1n) is 7.69. The molecule has 0 atom stereocenters. The molecule has 1 saturated heterocycles. The molecule has 22 heavy (non-hydrogen) atoms. The van der Waals surface area contributed by atoms with Gasteiger partial charge >= 0.3 is 0 Å². The summed E-state index contributed by atoms with van der Waals surface area (Å²) in [6, 6.07) is 5.37. The molecule has 1 aromatic carbocycles. The average Bonchev–Trinajstić information content (AvgIpc) is 3.31. The molecule has 118 valence electrons. The molecule has 6 heteroatoms. The lowest BCUT2D eigenvalue weighted by molar-refractivity contribution is -0.133. The number of nitrogens with zero attached hydrogens (tertiary/aromatic N) is 1. The topological polar surface area (TPSA) is 75.4 Å². The summed E-state index contributed by atoms with van der Waals surface area (Å²) in [5.41, 5.74) is 6.85. The van der Waals surface area contributed by atoms with Gasteiger partial charge in [0, 0.05) is 35.2 Å². The smallest absolute Gasteiger partial charge is 0.253 e. The summed E-state index contributed by atoms with van der Waals surface area (Å²) in [6.45, 7) is 1.46. The van der Waals surface area contributed by atoms with E-state index in [1.165, 1.54) is 0 Å². The van der Waals surface area contributed by atoms with Gasteiger partial charge < -0.3 is 16.0 Å². The van der Waals surface area contributed by atoms with Crippen LogP contribution in [0.15, 0.2) is 22.7 Å². The van der Waals surface area contributed by atoms with Crippen molar-refractivity contribution in [2.45, 2.75) is 31.7 Å². The third kappa shape index (κ3) is 3.43. The predicted molar refractivity (Wildman–Crippen MR) is 88.3 cm³/mol. The van der Waals surface area contributed by atoms with Crippen molar-refractivity contribution in [3.63, 3.8) is 0 Å². The number of carbonyl (C=O) groups excluding carboxylic acids is 2. The second-order valence-corrected chi connectivity index (χ2v) is 6.99. The van der Waals surface area contributed by atoms with Crippen molar-refractivity contribution in [3.05, 3.63) is 28.2 Å². The Kier molecular flexibility index (Phi) is 4.38. The molecule has 0 spiro atoms. The van der Waals surface area contributed by atoms with E-state index in [4.69, 9.17) is 5.73 Å². The van der Waals surface area contributed by atoms with E-state index >= 15 is 0 Å². The minimum Gasteiger partial charge on any atom is -0.398 e. The van der Waals surface area contributed by atoms with Gasteiger partial charge in [-0.1, -0.05) is 15.9 Å². The standard InChI is InChI=1S/C16H20BrN3O2/c17-11-3-4-13(14(18)9-11)15(21)19-12-5-7-20(8-6-12)16(22)10-1-2-10/h3-4,9-10,12H,1-2,5-8,18H2,(H,19,21). The summed E-state index contributed by atoms with van der Waals surface area (Å²) in [5, 5.41) is 3.03. The van der Waals surface area contributed by atoms with Gasteiger partial charge in [-0.15, -0.1) is 0 Å². The number of amides is 2. The Balaban J connectivity index is 1.53. The summed E-state index contributed by atoms with van der Waals surface area (Å²) >= 11 is 3.33. The molecule has 1 heterocycles. The zero-order chi connectivity index (χ0) is 15.7. The number of carbonyl (C=O) groups is 2. The van der Waals surface area contributed by atoms with Crippen LogP contribution in [-0.2, 0) is 4.79 Å². The number of nitrogens with one attached hydrogen (secondary N) is 1. The van der Waals surface area contributed by atoms with Crippen molar-refractivity contribution in [1.29, 1.82) is 0 Å². The molecular weight excluding hydrogens is 346 g/mol. The number of rotatable bonds is 3. The highest BCUT2D eigenvalue weighted by molar-refractivity contribution is 9.10. The van der Waals surface area contributed by atoms with Gasteiger partial charge in [0.2, 0.25) is 5.91 Å². The van der Waals surface area contributed by atoms with Crippen LogP contribution in [0.2, 0.25) is 0 Å². The maximum atomic E-state index is 12.3. The average molecular weight is 366 g/mol. The molecule has 3 N–H and O–H groups in total. The monoisotopic (exact) mass is 365 g/mol. The minimum atomic E-state index is -0.142. The molecule has 1 saturated carbocycles. The fraction of sp³-hybridized carbons (Fsp3) is 0.500. The van der Waals surface area contributed by atoms with Crippen LogP contribution in [0.25, 0.3) is 0 Å². The molecule has 2 aliphatic rings. The zero-order valence-electron chi connectivity index (χ0n) is 12.3. The van der Waals surface area contributed by atoms with Crippen LogP contribution in [0, 0.1) is 5.92 Å². The van der Waals surface area contributed by atoms with Gasteiger partial charge in [0.05, 0.1) is 5.56 Å². The number of nitrogen functional groups attached to an aromatic ring is 1. The quantitative estimate of drug-likeness (QED) is 0.805. The first-order valence-corrected chi connectivity index (χ1v) is 8.48. The van der Waals surface area contributed by atoms with E-state index < -0.39 is 0 Å². The molecule has 3 rings (SSSR count). The van der Waals surface area contributed by atoms with E-state index in [2.05, 4.69) is 21.2 Å². The number of anilines is 1. The second kappa shape index (κ2) is 6.28. The summed E-state index contributed by atoms with van der Waals surface area (Å²) in [4.78, 5) is 26.2. The Hall–Kier alpha value is -1.56. The SMILES string of the molecule is Nc1cc(Br)ccc1C(=O)NC1CCN(C(=O)C2CC2)CC1. The first-order chi connectivity index (χ1) is 10.5. The lowest BCUT2D eigenvalue weighted by atomic mass is 10.0. The number of likely N-dealkylation sites (tertiary alicyclic amines) is 1. The lowest BCUT2D eigenvalue weighted by Crippen LogP contribution is -2.47. The lowest BCUT2D eigenvalue weighted by Gasteiger charge is -2.32. The highest BCUT2D eigenvalue weighted by Gasteiger charge is 2.35. The number of piperidine rings is 1. The Morgan fingerprint density at radius 3 is 2.45 bits per heavy atom. The van der Waals surface area contributed by atoms with Gasteiger partial charge in [-0.3, -0.25) is 9.59 Å². The number of hydrogen-bond donors (Lipinski definition) is 2. The molecule has 0 radical (unpaired) electrons. The van der Waals surface area contributed by atoms with Crippen LogP contribution in [0.5, 0.6) is 0 Å². The molecule has 1 aliphatic heterocycles. The highest BCUT2D eigenvalue weighted by atomic mass is 79.9. The van der Waals surface area contributed by atoms with Crippen LogP contribution >= 0.6 is 15.9 Å². The predicted octanol–water partition coefficient (Wildman–Crippen LogP) is 2.16. The summed E-state index contributed by atoms with van der Waals surface area (Å²) in [5.74, 6) is 0.424. The van der Waals surface area contributed by atoms with E-state index in [0.29, 0.717) is 17.2 Å². The van der Waals surface area contributed by atoms with E-state index in [0.717, 1.165) is 43.2 Å². The Bertz CT molecular complexity index is 593. The van der Waals surface area contributed by atoms with Crippen LogP contribution < -0.4 is 11.1 Å². The molecule has 0 unspecified atom stereocenters. The van der Waals surface area contributed by atoms with Crippen molar-refractivity contribution in [1.82, 2.24) is 10.2 Å². The van der Waals surface area contributed by atoms with Gasteiger partial charge in [0.25, 0.3) is 5.91 Å².